The molecule has 0 aliphatic heterocycles. The van der Waals surface area contributed by atoms with Crippen LogP contribution in [-0.2, 0) is 0 Å². The summed E-state index contributed by atoms with van der Waals surface area (Å²) in [5.41, 5.74) is 3.56. The summed E-state index contributed by atoms with van der Waals surface area (Å²) in [7, 11) is 0. The first kappa shape index (κ1) is 15.0. The van der Waals surface area contributed by atoms with Gasteiger partial charge in [0.1, 0.15) is 5.69 Å². The lowest BCUT2D eigenvalue weighted by atomic mass is 10.1. The summed E-state index contributed by atoms with van der Waals surface area (Å²) < 4.78 is 0. The molecule has 0 bridgehead atoms. The van der Waals surface area contributed by atoms with Gasteiger partial charge in [-0.3, -0.25) is 4.79 Å². The number of nitrogens with one attached hydrogen (secondary N) is 2. The number of amides is 1. The highest BCUT2D eigenvalue weighted by Gasteiger charge is 2.09. The molecule has 2 rings (SSSR count). The fourth-order valence-corrected chi connectivity index (χ4v) is 2.00. The summed E-state index contributed by atoms with van der Waals surface area (Å²) in [4.78, 5) is 20.4. The fraction of sp³-hybridized carbons (Fsp3) is 0.312. The van der Waals surface area contributed by atoms with Gasteiger partial charge in [-0.05, 0) is 37.5 Å². The molecular formula is C16H20N4O. The largest absolute Gasteiger partial charge is 0.351 e. The van der Waals surface area contributed by atoms with E-state index in [1.54, 1.807) is 12.3 Å². The van der Waals surface area contributed by atoms with E-state index in [0.29, 0.717) is 18.2 Å². The van der Waals surface area contributed by atoms with Gasteiger partial charge in [-0.25, -0.2) is 9.97 Å². The van der Waals surface area contributed by atoms with Crippen molar-refractivity contribution in [3.8, 4) is 0 Å². The average Bonchev–Trinajstić information content (AvgIpc) is 2.49. The third-order valence-corrected chi connectivity index (χ3v) is 3.14. The smallest absolute Gasteiger partial charge is 0.270 e. The Balaban J connectivity index is 2.20. The van der Waals surface area contributed by atoms with Gasteiger partial charge in [0.15, 0.2) is 0 Å². The predicted molar refractivity (Wildman–Crippen MR) is 83.9 cm³/mol. The number of benzene rings is 1. The zero-order valence-electron chi connectivity index (χ0n) is 12.6. The van der Waals surface area contributed by atoms with Crippen molar-refractivity contribution in [3.63, 3.8) is 0 Å². The molecule has 1 heterocycles. The number of rotatable bonds is 5. The second-order valence-corrected chi connectivity index (χ2v) is 4.91. The minimum absolute atomic E-state index is 0.177. The van der Waals surface area contributed by atoms with Crippen molar-refractivity contribution in [2.45, 2.75) is 27.2 Å². The topological polar surface area (TPSA) is 66.9 Å². The Morgan fingerprint density at radius 1 is 1.19 bits per heavy atom. The number of nitrogens with zero attached hydrogens (tertiary/aromatic N) is 2. The van der Waals surface area contributed by atoms with Crippen LogP contribution in [0.2, 0.25) is 0 Å². The highest BCUT2D eigenvalue weighted by atomic mass is 16.1. The first-order valence-electron chi connectivity index (χ1n) is 7.06. The van der Waals surface area contributed by atoms with E-state index >= 15 is 0 Å². The summed E-state index contributed by atoms with van der Waals surface area (Å²) in [6, 6.07) is 7.66. The minimum Gasteiger partial charge on any atom is -0.351 e. The molecular weight excluding hydrogens is 264 g/mol. The van der Waals surface area contributed by atoms with Crippen molar-refractivity contribution >= 4 is 17.5 Å². The van der Waals surface area contributed by atoms with E-state index in [4.69, 9.17) is 0 Å². The van der Waals surface area contributed by atoms with Crippen molar-refractivity contribution in [1.82, 2.24) is 15.3 Å². The lowest BCUT2D eigenvalue weighted by Crippen LogP contribution is -2.25. The van der Waals surface area contributed by atoms with E-state index in [1.165, 1.54) is 0 Å². The van der Waals surface area contributed by atoms with Crippen molar-refractivity contribution in [3.05, 3.63) is 47.3 Å². The molecule has 0 unspecified atom stereocenters. The summed E-state index contributed by atoms with van der Waals surface area (Å²) in [6.45, 7) is 6.69. The van der Waals surface area contributed by atoms with Gasteiger partial charge in [0, 0.05) is 18.4 Å². The van der Waals surface area contributed by atoms with E-state index in [-0.39, 0.29) is 5.91 Å². The van der Waals surface area contributed by atoms with Crippen LogP contribution in [0.3, 0.4) is 0 Å². The van der Waals surface area contributed by atoms with Gasteiger partial charge in [-0.1, -0.05) is 25.1 Å². The maximum Gasteiger partial charge on any atom is 0.270 e. The van der Waals surface area contributed by atoms with Gasteiger partial charge in [-0.15, -0.1) is 0 Å². The number of para-hydroxylation sites is 1. The van der Waals surface area contributed by atoms with Crippen molar-refractivity contribution in [2.24, 2.45) is 0 Å². The van der Waals surface area contributed by atoms with Gasteiger partial charge < -0.3 is 10.6 Å². The molecule has 1 aromatic heterocycles. The highest BCUT2D eigenvalue weighted by Crippen LogP contribution is 2.22. The summed E-state index contributed by atoms with van der Waals surface area (Å²) in [5, 5.41) is 6.00. The van der Waals surface area contributed by atoms with Gasteiger partial charge in [-0.2, -0.15) is 0 Å². The molecule has 5 nitrogen and oxygen atoms in total. The first-order valence-corrected chi connectivity index (χ1v) is 7.06. The van der Waals surface area contributed by atoms with Crippen LogP contribution in [0, 0.1) is 13.8 Å². The number of hydrogen-bond donors (Lipinski definition) is 2. The monoisotopic (exact) mass is 284 g/mol. The maximum absolute atomic E-state index is 11.9. The zero-order chi connectivity index (χ0) is 15.2. The predicted octanol–water partition coefficient (Wildman–Crippen LogP) is 2.98. The van der Waals surface area contributed by atoms with E-state index < -0.39 is 0 Å². The molecule has 5 heteroatoms. The maximum atomic E-state index is 11.9. The molecule has 1 aromatic carbocycles. The van der Waals surface area contributed by atoms with Crippen LogP contribution >= 0.6 is 0 Å². The Labute approximate surface area is 124 Å². The molecule has 0 saturated carbocycles. The normalized spacial score (nSPS) is 10.2. The highest BCUT2D eigenvalue weighted by molar-refractivity contribution is 5.92. The Bertz CT molecular complexity index is 620. The number of anilines is 2. The number of aryl methyl sites for hydroxylation is 2. The Kier molecular flexibility index (Phi) is 4.87. The molecule has 0 aliphatic rings. The Morgan fingerprint density at radius 2 is 1.90 bits per heavy atom. The molecule has 2 N–H and O–H groups in total. The second kappa shape index (κ2) is 6.83. The first-order chi connectivity index (χ1) is 10.1. The zero-order valence-corrected chi connectivity index (χ0v) is 12.6. The fourth-order valence-electron chi connectivity index (χ4n) is 2.00. The molecule has 0 radical (unpaired) electrons. The van der Waals surface area contributed by atoms with Gasteiger partial charge >= 0.3 is 0 Å². The standard InChI is InChI=1S/C16H20N4O/c1-4-9-17-15(21)13-8-10-18-16(19-13)20-14-11(2)6-5-7-12(14)3/h5-8,10H,4,9H2,1-3H3,(H,17,21)(H,18,19,20). The lowest BCUT2D eigenvalue weighted by Gasteiger charge is -2.11. The molecule has 0 fully saturated rings. The number of aromatic nitrogens is 2. The molecule has 21 heavy (non-hydrogen) atoms. The van der Waals surface area contributed by atoms with E-state index in [2.05, 4.69) is 20.6 Å². The lowest BCUT2D eigenvalue weighted by molar-refractivity contribution is 0.0948. The average molecular weight is 284 g/mol. The van der Waals surface area contributed by atoms with E-state index in [9.17, 15) is 4.79 Å². The molecule has 110 valence electrons. The molecule has 0 saturated heterocycles. The number of hydrogen-bond acceptors (Lipinski definition) is 4. The number of carbonyl (C=O) groups is 1. The summed E-state index contributed by atoms with van der Waals surface area (Å²) in [5.74, 6) is 0.250. The van der Waals surface area contributed by atoms with Crippen LogP contribution in [0.1, 0.15) is 35.0 Å². The quantitative estimate of drug-likeness (QED) is 0.885. The van der Waals surface area contributed by atoms with Crippen molar-refractivity contribution in [1.29, 1.82) is 0 Å². The molecule has 0 aliphatic carbocycles. The summed E-state index contributed by atoms with van der Waals surface area (Å²) in [6.07, 6.45) is 2.48. The Morgan fingerprint density at radius 3 is 2.57 bits per heavy atom. The minimum atomic E-state index is -0.177. The third-order valence-electron chi connectivity index (χ3n) is 3.14. The van der Waals surface area contributed by atoms with Gasteiger partial charge in [0.2, 0.25) is 5.95 Å². The van der Waals surface area contributed by atoms with Crippen LogP contribution in [0.5, 0.6) is 0 Å². The van der Waals surface area contributed by atoms with Gasteiger partial charge in [0.25, 0.3) is 5.91 Å². The Hall–Kier alpha value is -2.43. The van der Waals surface area contributed by atoms with Crippen LogP contribution < -0.4 is 10.6 Å². The van der Waals surface area contributed by atoms with Crippen LogP contribution in [0.25, 0.3) is 0 Å². The van der Waals surface area contributed by atoms with Crippen molar-refractivity contribution < 1.29 is 4.79 Å². The summed E-state index contributed by atoms with van der Waals surface area (Å²) >= 11 is 0. The molecule has 0 atom stereocenters. The van der Waals surface area contributed by atoms with Crippen LogP contribution in [0.15, 0.2) is 30.5 Å². The third kappa shape index (κ3) is 3.78. The number of carbonyl (C=O) groups excluding carboxylic acids is 1. The van der Waals surface area contributed by atoms with Crippen LogP contribution in [-0.4, -0.2) is 22.4 Å². The second-order valence-electron chi connectivity index (χ2n) is 4.91. The van der Waals surface area contributed by atoms with E-state index in [0.717, 1.165) is 23.2 Å². The molecule has 2 aromatic rings. The van der Waals surface area contributed by atoms with Crippen molar-refractivity contribution in [2.75, 3.05) is 11.9 Å². The van der Waals surface area contributed by atoms with Gasteiger partial charge in [0.05, 0.1) is 0 Å². The SMILES string of the molecule is CCCNC(=O)c1ccnc(Nc2c(C)cccc2C)n1. The van der Waals surface area contributed by atoms with E-state index in [1.807, 2.05) is 39.0 Å². The molecule has 0 spiro atoms. The molecule has 1 amide bonds. The van der Waals surface area contributed by atoms with Crippen LogP contribution in [0.4, 0.5) is 11.6 Å².